The number of hydrogen-bond acceptors (Lipinski definition) is 5. The molecule has 3 N–H and O–H groups in total. The number of ether oxygens (including phenoxy) is 2. The molecule has 0 radical (unpaired) electrons. The standard InChI is InChI=1S/C14H19FN2O4/c1-14(2,3)21-13(19)16-9-7-20-10-6-4-5-8(15)11(10)17-12(9)18/h4-6,9,13,16,19H,7H2,1-3H3,(H,17,18)/t9-,13?/m0/s1. The Labute approximate surface area is 122 Å². The normalized spacial score (nSPS) is 20.0. The number of benzene rings is 1. The van der Waals surface area contributed by atoms with Crippen LogP contribution in [0.1, 0.15) is 20.8 Å². The van der Waals surface area contributed by atoms with E-state index in [4.69, 9.17) is 9.47 Å². The van der Waals surface area contributed by atoms with Crippen LogP contribution in [0, 0.1) is 5.82 Å². The topological polar surface area (TPSA) is 79.8 Å². The molecule has 1 aromatic carbocycles. The van der Waals surface area contributed by atoms with E-state index < -0.39 is 29.8 Å². The molecule has 0 fully saturated rings. The quantitative estimate of drug-likeness (QED) is 0.731. The second kappa shape index (κ2) is 5.97. The molecule has 0 saturated heterocycles. The van der Waals surface area contributed by atoms with Gasteiger partial charge < -0.3 is 19.9 Å². The van der Waals surface area contributed by atoms with Gasteiger partial charge in [-0.15, -0.1) is 0 Å². The number of carbonyl (C=O) groups excluding carboxylic acids is 1. The lowest BCUT2D eigenvalue weighted by atomic mass is 10.2. The zero-order valence-corrected chi connectivity index (χ0v) is 12.1. The Morgan fingerprint density at radius 3 is 2.90 bits per heavy atom. The van der Waals surface area contributed by atoms with Gasteiger partial charge >= 0.3 is 0 Å². The largest absolute Gasteiger partial charge is 0.489 e. The third kappa shape index (κ3) is 4.13. The number of aliphatic hydroxyl groups excluding tert-OH is 1. The fourth-order valence-electron chi connectivity index (χ4n) is 1.87. The summed E-state index contributed by atoms with van der Waals surface area (Å²) in [4.78, 5) is 12.0. The van der Waals surface area contributed by atoms with Crippen molar-refractivity contribution in [2.75, 3.05) is 11.9 Å². The van der Waals surface area contributed by atoms with Crippen molar-refractivity contribution in [1.29, 1.82) is 0 Å². The van der Waals surface area contributed by atoms with Gasteiger partial charge in [-0.3, -0.25) is 10.1 Å². The van der Waals surface area contributed by atoms with E-state index in [9.17, 15) is 14.3 Å². The summed E-state index contributed by atoms with van der Waals surface area (Å²) in [5, 5.41) is 14.8. The summed E-state index contributed by atoms with van der Waals surface area (Å²) in [5.74, 6) is -0.831. The molecular formula is C14H19FN2O4. The van der Waals surface area contributed by atoms with Crippen molar-refractivity contribution in [1.82, 2.24) is 5.32 Å². The van der Waals surface area contributed by atoms with Gasteiger partial charge in [0.25, 0.3) is 0 Å². The number of halogens is 1. The summed E-state index contributed by atoms with van der Waals surface area (Å²) in [6, 6.07) is 3.41. The van der Waals surface area contributed by atoms with Crippen LogP contribution >= 0.6 is 0 Å². The second-order valence-corrected chi connectivity index (χ2v) is 5.72. The molecule has 1 unspecified atom stereocenters. The van der Waals surface area contributed by atoms with Crippen LogP contribution in [0.25, 0.3) is 0 Å². The van der Waals surface area contributed by atoms with Crippen LogP contribution in [0.15, 0.2) is 18.2 Å². The average Bonchev–Trinajstić information content (AvgIpc) is 2.49. The maximum Gasteiger partial charge on any atom is 0.245 e. The van der Waals surface area contributed by atoms with Crippen molar-refractivity contribution in [3.05, 3.63) is 24.0 Å². The van der Waals surface area contributed by atoms with Crippen LogP contribution in [0.4, 0.5) is 10.1 Å². The number of fused-ring (bicyclic) bond motifs is 1. The number of amides is 1. The zero-order valence-electron chi connectivity index (χ0n) is 12.1. The number of carbonyl (C=O) groups is 1. The summed E-state index contributed by atoms with van der Waals surface area (Å²) in [6.07, 6.45) is -1.34. The van der Waals surface area contributed by atoms with E-state index in [0.29, 0.717) is 0 Å². The third-order valence-corrected chi connectivity index (χ3v) is 2.75. The molecule has 0 aliphatic carbocycles. The third-order valence-electron chi connectivity index (χ3n) is 2.75. The number of aliphatic hydroxyl groups is 1. The summed E-state index contributed by atoms with van der Waals surface area (Å²) < 4.78 is 24.3. The molecule has 1 aliphatic heterocycles. The Morgan fingerprint density at radius 1 is 1.52 bits per heavy atom. The molecule has 2 rings (SSSR count). The van der Waals surface area contributed by atoms with Crippen molar-refractivity contribution in [2.45, 2.75) is 38.8 Å². The van der Waals surface area contributed by atoms with Crippen LogP contribution in [0.3, 0.4) is 0 Å². The predicted octanol–water partition coefficient (Wildman–Crippen LogP) is 1.21. The summed E-state index contributed by atoms with van der Waals surface area (Å²) in [6.45, 7) is 5.26. The van der Waals surface area contributed by atoms with Crippen molar-refractivity contribution >= 4 is 11.6 Å². The maximum absolute atomic E-state index is 13.6. The molecule has 1 aromatic rings. The fraction of sp³-hybridized carbons (Fsp3) is 0.500. The van der Waals surface area contributed by atoms with Crippen LogP contribution in [0.5, 0.6) is 5.75 Å². The van der Waals surface area contributed by atoms with Gasteiger partial charge in [0.2, 0.25) is 12.3 Å². The van der Waals surface area contributed by atoms with E-state index in [0.717, 1.165) is 0 Å². The molecular weight excluding hydrogens is 279 g/mol. The predicted molar refractivity (Wildman–Crippen MR) is 74.3 cm³/mol. The Bertz CT molecular complexity index is 530. The van der Waals surface area contributed by atoms with Crippen LogP contribution in [0.2, 0.25) is 0 Å². The van der Waals surface area contributed by atoms with Gasteiger partial charge in [-0.1, -0.05) is 6.07 Å². The van der Waals surface area contributed by atoms with E-state index in [1.165, 1.54) is 12.1 Å². The van der Waals surface area contributed by atoms with Crippen molar-refractivity contribution in [2.24, 2.45) is 0 Å². The zero-order chi connectivity index (χ0) is 15.6. The smallest absolute Gasteiger partial charge is 0.245 e. The van der Waals surface area contributed by atoms with E-state index in [1.54, 1.807) is 26.8 Å². The van der Waals surface area contributed by atoms with Crippen molar-refractivity contribution in [3.8, 4) is 5.75 Å². The highest BCUT2D eigenvalue weighted by Gasteiger charge is 2.29. The minimum Gasteiger partial charge on any atom is -0.489 e. The lowest BCUT2D eigenvalue weighted by Gasteiger charge is -2.26. The van der Waals surface area contributed by atoms with E-state index in [2.05, 4.69) is 10.6 Å². The number of hydrogen-bond donors (Lipinski definition) is 3. The Hall–Kier alpha value is -1.70. The summed E-state index contributed by atoms with van der Waals surface area (Å²) >= 11 is 0. The Kier molecular flexibility index (Phi) is 4.46. The van der Waals surface area contributed by atoms with Crippen LogP contribution in [-0.2, 0) is 9.53 Å². The molecule has 0 aromatic heterocycles. The van der Waals surface area contributed by atoms with Crippen molar-refractivity contribution < 1.29 is 23.8 Å². The molecule has 0 saturated carbocycles. The van der Waals surface area contributed by atoms with Crippen LogP contribution < -0.4 is 15.4 Å². The first-order valence-electron chi connectivity index (χ1n) is 6.60. The Morgan fingerprint density at radius 2 is 2.24 bits per heavy atom. The lowest BCUT2D eigenvalue weighted by Crippen LogP contribution is -2.50. The second-order valence-electron chi connectivity index (χ2n) is 5.72. The summed E-state index contributed by atoms with van der Waals surface area (Å²) in [5.41, 5.74) is -0.582. The number of para-hydroxylation sites is 1. The SMILES string of the molecule is CC(C)(C)OC(O)N[C@H]1COc2cccc(F)c2NC1=O. The molecule has 1 aliphatic rings. The fourth-order valence-corrected chi connectivity index (χ4v) is 1.87. The maximum atomic E-state index is 13.6. The first kappa shape index (κ1) is 15.7. The number of anilines is 1. The van der Waals surface area contributed by atoms with Gasteiger partial charge in [-0.25, -0.2) is 4.39 Å². The summed E-state index contributed by atoms with van der Waals surface area (Å²) in [7, 11) is 0. The Balaban J connectivity index is 2.05. The number of nitrogens with one attached hydrogen (secondary N) is 2. The van der Waals surface area contributed by atoms with Gasteiger partial charge in [0.15, 0.2) is 5.82 Å². The molecule has 0 spiro atoms. The first-order valence-corrected chi connectivity index (χ1v) is 6.60. The van der Waals surface area contributed by atoms with Crippen LogP contribution in [-0.4, -0.2) is 35.7 Å². The minimum atomic E-state index is -1.34. The molecule has 1 amide bonds. The molecule has 2 atom stereocenters. The monoisotopic (exact) mass is 298 g/mol. The van der Waals surface area contributed by atoms with Gasteiger partial charge in [0.05, 0.1) is 5.60 Å². The van der Waals surface area contributed by atoms with Gasteiger partial charge in [-0.05, 0) is 32.9 Å². The number of rotatable bonds is 3. The van der Waals surface area contributed by atoms with E-state index >= 15 is 0 Å². The highest BCUT2D eigenvalue weighted by Crippen LogP contribution is 2.29. The molecule has 0 bridgehead atoms. The molecule has 21 heavy (non-hydrogen) atoms. The average molecular weight is 298 g/mol. The lowest BCUT2D eigenvalue weighted by molar-refractivity contribution is -0.187. The molecule has 6 nitrogen and oxygen atoms in total. The molecule has 1 heterocycles. The van der Waals surface area contributed by atoms with E-state index in [1.807, 2.05) is 0 Å². The van der Waals surface area contributed by atoms with Gasteiger partial charge in [0.1, 0.15) is 24.1 Å². The molecule has 116 valence electrons. The van der Waals surface area contributed by atoms with Gasteiger partial charge in [-0.2, -0.15) is 0 Å². The van der Waals surface area contributed by atoms with E-state index in [-0.39, 0.29) is 18.0 Å². The molecule has 7 heteroatoms. The first-order chi connectivity index (χ1) is 9.76. The minimum absolute atomic E-state index is 0.00182. The van der Waals surface area contributed by atoms with Crippen molar-refractivity contribution in [3.63, 3.8) is 0 Å². The highest BCUT2D eigenvalue weighted by molar-refractivity contribution is 5.97. The highest BCUT2D eigenvalue weighted by atomic mass is 19.1. The van der Waals surface area contributed by atoms with Gasteiger partial charge in [0, 0.05) is 0 Å².